The van der Waals surface area contributed by atoms with E-state index in [9.17, 15) is 9.59 Å². The van der Waals surface area contributed by atoms with Crippen molar-refractivity contribution in [1.29, 1.82) is 0 Å². The maximum absolute atomic E-state index is 12.2. The van der Waals surface area contributed by atoms with Gasteiger partial charge in [-0.05, 0) is 12.1 Å². The zero-order valence-electron chi connectivity index (χ0n) is 15.1. The van der Waals surface area contributed by atoms with Crippen molar-refractivity contribution < 1.29 is 9.53 Å². The van der Waals surface area contributed by atoms with Crippen LogP contribution in [0.3, 0.4) is 0 Å². The van der Waals surface area contributed by atoms with Crippen molar-refractivity contribution in [3.63, 3.8) is 0 Å². The molecule has 2 aromatic rings. The summed E-state index contributed by atoms with van der Waals surface area (Å²) in [4.78, 5) is 35.4. The van der Waals surface area contributed by atoms with Crippen molar-refractivity contribution in [1.82, 2.24) is 15.3 Å². The maximum Gasteiger partial charge on any atom is 0.265 e. The second-order valence-electron chi connectivity index (χ2n) is 6.12. The molecule has 1 amide bonds. The number of amides is 1. The summed E-state index contributed by atoms with van der Waals surface area (Å²) in [5, 5.41) is 3.34. The zero-order valence-corrected chi connectivity index (χ0v) is 15.8. The number of aromatic nitrogens is 2. The van der Waals surface area contributed by atoms with Crippen molar-refractivity contribution in [3.05, 3.63) is 51.4 Å². The van der Waals surface area contributed by atoms with Gasteiger partial charge >= 0.3 is 0 Å². The average Bonchev–Trinajstić information content (AvgIpc) is 2.68. The van der Waals surface area contributed by atoms with Gasteiger partial charge in [-0.2, -0.15) is 0 Å². The Balaban J connectivity index is 1.63. The van der Waals surface area contributed by atoms with Crippen molar-refractivity contribution >= 4 is 29.1 Å². The summed E-state index contributed by atoms with van der Waals surface area (Å²) in [6.45, 7) is 3.60. The summed E-state index contributed by atoms with van der Waals surface area (Å²) in [6, 6.07) is 7.74. The number of nitrogens with zero attached hydrogens (tertiary/aromatic N) is 3. The van der Waals surface area contributed by atoms with E-state index in [0.29, 0.717) is 32.2 Å². The van der Waals surface area contributed by atoms with E-state index in [4.69, 9.17) is 16.3 Å². The normalized spacial score (nSPS) is 14.3. The largest absolute Gasteiger partial charge is 0.383 e. The fraction of sp³-hybridized carbons (Fsp3) is 0.389. The number of hydrogen-bond donors (Lipinski definition) is 2. The number of ether oxygens (including phenoxy) is 1. The number of rotatable bonds is 6. The third-order valence-corrected chi connectivity index (χ3v) is 4.71. The monoisotopic (exact) mass is 391 g/mol. The highest BCUT2D eigenvalue weighted by Crippen LogP contribution is 2.26. The molecule has 1 aromatic carbocycles. The van der Waals surface area contributed by atoms with Crippen LogP contribution in [0.1, 0.15) is 10.4 Å². The molecule has 2 heterocycles. The molecule has 1 aromatic heterocycles. The van der Waals surface area contributed by atoms with Gasteiger partial charge in [0.15, 0.2) is 0 Å². The molecular weight excluding hydrogens is 370 g/mol. The second kappa shape index (κ2) is 8.88. The van der Waals surface area contributed by atoms with Gasteiger partial charge in [-0.15, -0.1) is 0 Å². The van der Waals surface area contributed by atoms with E-state index in [1.807, 2.05) is 29.2 Å². The Labute approximate surface area is 162 Å². The molecule has 1 aliphatic heterocycles. The predicted molar refractivity (Wildman–Crippen MR) is 105 cm³/mol. The molecule has 3 rings (SSSR count). The lowest BCUT2D eigenvalue weighted by molar-refractivity contribution is 0.0935. The minimum Gasteiger partial charge on any atom is -0.383 e. The van der Waals surface area contributed by atoms with Gasteiger partial charge in [-0.25, -0.2) is 4.98 Å². The number of nitrogens with one attached hydrogen (secondary N) is 2. The van der Waals surface area contributed by atoms with Crippen LogP contribution in [0.15, 0.2) is 35.3 Å². The number of methoxy groups -OCH3 is 1. The number of halogens is 1. The fourth-order valence-electron chi connectivity index (χ4n) is 2.94. The number of H-pyrrole nitrogens is 1. The minimum absolute atomic E-state index is 0.00967. The van der Waals surface area contributed by atoms with E-state index in [0.717, 1.165) is 23.8 Å². The van der Waals surface area contributed by atoms with Crippen LogP contribution in [-0.2, 0) is 4.74 Å². The number of hydrogen-bond acceptors (Lipinski definition) is 6. The van der Waals surface area contributed by atoms with Crippen LogP contribution >= 0.6 is 11.6 Å². The molecule has 0 unspecified atom stereocenters. The minimum atomic E-state index is -0.462. The molecule has 0 spiro atoms. The highest BCUT2D eigenvalue weighted by atomic mass is 35.5. The standard InChI is InChI=1S/C18H22ClN5O3/c1-27-11-6-20-16(25)13-12-21-18(22-17(13)26)24-9-7-23(8-10-24)15-5-3-2-4-14(15)19/h2-5,12H,6-11H2,1H3,(H,20,25)(H,21,22,26). The zero-order chi connectivity index (χ0) is 19.2. The van der Waals surface area contributed by atoms with Gasteiger partial charge in [0.25, 0.3) is 11.5 Å². The molecule has 0 radical (unpaired) electrons. The number of benzene rings is 1. The van der Waals surface area contributed by atoms with Crippen LogP contribution in [-0.4, -0.2) is 62.3 Å². The molecule has 2 N–H and O–H groups in total. The first kappa shape index (κ1) is 19.2. The lowest BCUT2D eigenvalue weighted by Crippen LogP contribution is -2.47. The SMILES string of the molecule is COCCNC(=O)c1cnc(N2CCN(c3ccccc3Cl)CC2)[nH]c1=O. The van der Waals surface area contributed by atoms with Crippen molar-refractivity contribution in [2.45, 2.75) is 0 Å². The van der Waals surface area contributed by atoms with Crippen molar-refractivity contribution in [2.24, 2.45) is 0 Å². The number of carbonyl (C=O) groups excluding carboxylic acids is 1. The topological polar surface area (TPSA) is 90.6 Å². The van der Waals surface area contributed by atoms with Crippen LogP contribution < -0.4 is 20.7 Å². The molecule has 0 aliphatic carbocycles. The van der Waals surface area contributed by atoms with Gasteiger partial charge in [-0.3, -0.25) is 14.6 Å². The van der Waals surface area contributed by atoms with E-state index in [1.54, 1.807) is 7.11 Å². The molecule has 9 heteroatoms. The highest BCUT2D eigenvalue weighted by molar-refractivity contribution is 6.33. The van der Waals surface area contributed by atoms with Gasteiger partial charge in [0.2, 0.25) is 5.95 Å². The molecule has 1 aliphatic rings. The fourth-order valence-corrected chi connectivity index (χ4v) is 3.19. The molecule has 27 heavy (non-hydrogen) atoms. The van der Waals surface area contributed by atoms with Crippen molar-refractivity contribution in [2.75, 3.05) is 56.2 Å². The maximum atomic E-state index is 12.2. The van der Waals surface area contributed by atoms with Gasteiger partial charge in [0.05, 0.1) is 17.3 Å². The summed E-state index contributed by atoms with van der Waals surface area (Å²) < 4.78 is 4.87. The van der Waals surface area contributed by atoms with E-state index >= 15 is 0 Å². The van der Waals surface area contributed by atoms with E-state index in [-0.39, 0.29) is 5.56 Å². The Morgan fingerprint density at radius 1 is 1.26 bits per heavy atom. The second-order valence-corrected chi connectivity index (χ2v) is 6.53. The Kier molecular flexibility index (Phi) is 6.31. The van der Waals surface area contributed by atoms with E-state index in [2.05, 4.69) is 20.2 Å². The Bertz CT molecular complexity index is 849. The van der Waals surface area contributed by atoms with Crippen LogP contribution in [0.4, 0.5) is 11.6 Å². The number of para-hydroxylation sites is 1. The quantitative estimate of drug-likeness (QED) is 0.717. The molecule has 0 bridgehead atoms. The smallest absolute Gasteiger partial charge is 0.265 e. The third-order valence-electron chi connectivity index (χ3n) is 4.39. The van der Waals surface area contributed by atoms with Gasteiger partial charge in [0.1, 0.15) is 5.56 Å². The molecule has 0 atom stereocenters. The lowest BCUT2D eigenvalue weighted by Gasteiger charge is -2.36. The highest BCUT2D eigenvalue weighted by Gasteiger charge is 2.21. The van der Waals surface area contributed by atoms with Crippen LogP contribution in [0.2, 0.25) is 5.02 Å². The summed E-state index contributed by atoms with van der Waals surface area (Å²) in [5.74, 6) is 0.00291. The molecule has 8 nitrogen and oxygen atoms in total. The van der Waals surface area contributed by atoms with Gasteiger partial charge in [-0.1, -0.05) is 23.7 Å². The first-order valence-electron chi connectivity index (χ1n) is 8.71. The Hall–Kier alpha value is -2.58. The summed E-state index contributed by atoms with van der Waals surface area (Å²) >= 11 is 6.26. The van der Waals surface area contributed by atoms with Crippen LogP contribution in [0.25, 0.3) is 0 Å². The number of piperazine rings is 1. The summed E-state index contributed by atoms with van der Waals surface area (Å²) in [7, 11) is 1.54. The molecule has 144 valence electrons. The predicted octanol–water partition coefficient (Wildman–Crippen LogP) is 1.13. The van der Waals surface area contributed by atoms with Crippen molar-refractivity contribution in [3.8, 4) is 0 Å². The average molecular weight is 392 g/mol. The molecule has 0 saturated carbocycles. The van der Waals surface area contributed by atoms with E-state index in [1.165, 1.54) is 6.20 Å². The van der Waals surface area contributed by atoms with E-state index < -0.39 is 11.5 Å². The number of anilines is 2. The Morgan fingerprint density at radius 2 is 1.96 bits per heavy atom. The van der Waals surface area contributed by atoms with Gasteiger partial charge < -0.3 is 19.9 Å². The van der Waals surface area contributed by atoms with Gasteiger partial charge in [0, 0.05) is 46.0 Å². The summed E-state index contributed by atoms with van der Waals surface area (Å²) in [6.07, 6.45) is 1.32. The van der Waals surface area contributed by atoms with Crippen LogP contribution in [0, 0.1) is 0 Å². The molecule has 1 saturated heterocycles. The first-order chi connectivity index (χ1) is 13.1. The number of aromatic amines is 1. The lowest BCUT2D eigenvalue weighted by atomic mass is 10.2. The molecular formula is C18H22ClN5O3. The molecule has 1 fully saturated rings. The Morgan fingerprint density at radius 3 is 2.63 bits per heavy atom. The third kappa shape index (κ3) is 4.58. The summed E-state index contributed by atoms with van der Waals surface area (Å²) in [5.41, 5.74) is 0.538. The van der Waals surface area contributed by atoms with Crippen LogP contribution in [0.5, 0.6) is 0 Å². The number of carbonyl (C=O) groups is 1. The first-order valence-corrected chi connectivity index (χ1v) is 9.09.